The molecular weight excluding hydrogens is 613 g/mol. The zero-order chi connectivity index (χ0) is 34.0. The smallest absolute Gasteiger partial charge is 0.295 e. The van der Waals surface area contributed by atoms with E-state index in [9.17, 15) is 4.79 Å². The fraction of sp³-hybridized carbons (Fsp3) is 0.0889. The van der Waals surface area contributed by atoms with Crippen molar-refractivity contribution in [1.29, 1.82) is 0 Å². The summed E-state index contributed by atoms with van der Waals surface area (Å²) in [5.74, 6) is 0.702. The lowest BCUT2D eigenvalue weighted by atomic mass is 9.72. The van der Waals surface area contributed by atoms with Gasteiger partial charge in [0.1, 0.15) is 0 Å². The standard InChI is InChI=1S/C45H34N4O/c1-45(33-15-8-5-9-16-33)37-20-11-10-17-34(37)35-18-12-19-36(42(35)45)43-46-38(30-13-6-4-7-14-30)28-39(47-43)31-23-21-29(22-24-31)32-25-26-40-41(27-32)49(3)44(50)48(40)2/h4-28H,1-3H3. The monoisotopic (exact) mass is 646 g/mol. The van der Waals surface area contributed by atoms with Crippen molar-refractivity contribution in [3.8, 4) is 56.2 Å². The number of hydrogen-bond acceptors (Lipinski definition) is 3. The summed E-state index contributed by atoms with van der Waals surface area (Å²) in [5.41, 5.74) is 14.6. The molecule has 0 aliphatic heterocycles. The van der Waals surface area contributed by atoms with Gasteiger partial charge in [-0.15, -0.1) is 0 Å². The molecule has 0 radical (unpaired) electrons. The van der Waals surface area contributed by atoms with Crippen LogP contribution in [0.5, 0.6) is 0 Å². The Balaban J connectivity index is 1.21. The molecule has 0 saturated carbocycles. The van der Waals surface area contributed by atoms with Crippen LogP contribution in [-0.4, -0.2) is 19.1 Å². The van der Waals surface area contributed by atoms with Gasteiger partial charge in [-0.3, -0.25) is 9.13 Å². The highest BCUT2D eigenvalue weighted by Crippen LogP contribution is 2.55. The first kappa shape index (κ1) is 29.8. The van der Waals surface area contributed by atoms with Crippen molar-refractivity contribution >= 4 is 11.0 Å². The highest BCUT2D eigenvalue weighted by molar-refractivity contribution is 5.90. The van der Waals surface area contributed by atoms with Gasteiger partial charge in [0, 0.05) is 36.2 Å². The van der Waals surface area contributed by atoms with Crippen molar-refractivity contribution in [2.45, 2.75) is 12.3 Å². The highest BCUT2D eigenvalue weighted by Gasteiger charge is 2.42. The lowest BCUT2D eigenvalue weighted by Gasteiger charge is -2.30. The normalized spacial score (nSPS) is 14.9. The topological polar surface area (TPSA) is 52.7 Å². The lowest BCUT2D eigenvalue weighted by Crippen LogP contribution is -2.23. The quantitative estimate of drug-likeness (QED) is 0.187. The van der Waals surface area contributed by atoms with E-state index in [4.69, 9.17) is 9.97 Å². The highest BCUT2D eigenvalue weighted by atomic mass is 16.1. The zero-order valence-electron chi connectivity index (χ0n) is 28.1. The maximum absolute atomic E-state index is 12.5. The summed E-state index contributed by atoms with van der Waals surface area (Å²) in [6, 6.07) is 53.2. The molecular formula is C45H34N4O. The number of imidazole rings is 1. The Kier molecular flexibility index (Phi) is 6.78. The first-order valence-corrected chi connectivity index (χ1v) is 16.9. The molecule has 0 spiro atoms. The first-order valence-electron chi connectivity index (χ1n) is 16.9. The lowest BCUT2D eigenvalue weighted by molar-refractivity contribution is 0.715. The van der Waals surface area contributed by atoms with Crippen molar-refractivity contribution in [1.82, 2.24) is 19.1 Å². The molecule has 1 atom stereocenters. The molecule has 1 unspecified atom stereocenters. The van der Waals surface area contributed by atoms with Crippen molar-refractivity contribution in [3.05, 3.63) is 179 Å². The van der Waals surface area contributed by atoms with Crippen LogP contribution < -0.4 is 5.69 Å². The molecule has 0 amide bonds. The van der Waals surface area contributed by atoms with E-state index in [-0.39, 0.29) is 11.1 Å². The van der Waals surface area contributed by atoms with Crippen LogP contribution in [0.25, 0.3) is 67.2 Å². The number of aromatic nitrogens is 4. The van der Waals surface area contributed by atoms with Crippen LogP contribution in [-0.2, 0) is 19.5 Å². The molecule has 1 aliphatic rings. The van der Waals surface area contributed by atoms with Crippen LogP contribution >= 0.6 is 0 Å². The Hall–Kier alpha value is -6.33. The summed E-state index contributed by atoms with van der Waals surface area (Å²) in [6.07, 6.45) is 0. The average Bonchev–Trinajstić information content (AvgIpc) is 3.58. The van der Waals surface area contributed by atoms with E-state index in [0.717, 1.165) is 50.2 Å². The maximum atomic E-state index is 12.5. The van der Waals surface area contributed by atoms with Gasteiger partial charge in [-0.1, -0.05) is 133 Å². The van der Waals surface area contributed by atoms with Gasteiger partial charge >= 0.3 is 5.69 Å². The van der Waals surface area contributed by atoms with Crippen LogP contribution in [0.4, 0.5) is 0 Å². The van der Waals surface area contributed by atoms with E-state index < -0.39 is 0 Å². The number of fused-ring (bicyclic) bond motifs is 4. The van der Waals surface area contributed by atoms with E-state index in [0.29, 0.717) is 5.82 Å². The summed E-state index contributed by atoms with van der Waals surface area (Å²) < 4.78 is 3.38. The molecule has 50 heavy (non-hydrogen) atoms. The van der Waals surface area contributed by atoms with Crippen LogP contribution in [0.1, 0.15) is 23.6 Å². The maximum Gasteiger partial charge on any atom is 0.328 e. The predicted molar refractivity (Wildman–Crippen MR) is 203 cm³/mol. The molecule has 9 rings (SSSR count). The van der Waals surface area contributed by atoms with E-state index >= 15 is 0 Å². The number of hydrogen-bond donors (Lipinski definition) is 0. The zero-order valence-corrected chi connectivity index (χ0v) is 28.1. The Morgan fingerprint density at radius 2 is 1.06 bits per heavy atom. The Morgan fingerprint density at radius 1 is 0.500 bits per heavy atom. The fourth-order valence-electron chi connectivity index (χ4n) is 7.85. The van der Waals surface area contributed by atoms with Gasteiger partial charge in [0.15, 0.2) is 5.82 Å². The molecule has 0 bridgehead atoms. The van der Waals surface area contributed by atoms with Gasteiger partial charge in [0.2, 0.25) is 0 Å². The predicted octanol–water partition coefficient (Wildman–Crippen LogP) is 9.67. The number of rotatable bonds is 5. The van der Waals surface area contributed by atoms with E-state index in [2.05, 4.69) is 134 Å². The van der Waals surface area contributed by atoms with Gasteiger partial charge in [0.05, 0.1) is 22.4 Å². The van der Waals surface area contributed by atoms with Crippen molar-refractivity contribution in [2.24, 2.45) is 14.1 Å². The largest absolute Gasteiger partial charge is 0.328 e. The number of nitrogens with zero attached hydrogens (tertiary/aromatic N) is 4. The Morgan fingerprint density at radius 3 is 1.80 bits per heavy atom. The third kappa shape index (κ3) is 4.51. The SMILES string of the molecule is Cn1c(=O)n(C)c2cc(-c3ccc(-c4cc(-c5ccccc5)nc(-c5cccc6c5C(C)(c5ccccc5)c5ccccc5-6)n4)cc3)ccc21. The minimum atomic E-state index is -0.388. The summed E-state index contributed by atoms with van der Waals surface area (Å²) in [5, 5.41) is 0. The second-order valence-corrected chi connectivity index (χ2v) is 13.3. The second kappa shape index (κ2) is 11.4. The molecule has 2 heterocycles. The third-order valence-corrected chi connectivity index (χ3v) is 10.5. The molecule has 0 fully saturated rings. The molecule has 5 heteroatoms. The summed E-state index contributed by atoms with van der Waals surface area (Å²) in [7, 11) is 3.63. The fourth-order valence-corrected chi connectivity index (χ4v) is 7.85. The van der Waals surface area contributed by atoms with Crippen LogP contribution in [0.15, 0.2) is 156 Å². The van der Waals surface area contributed by atoms with Gasteiger partial charge in [-0.25, -0.2) is 14.8 Å². The number of benzene rings is 6. The molecule has 2 aromatic heterocycles. The van der Waals surface area contributed by atoms with Crippen molar-refractivity contribution < 1.29 is 0 Å². The van der Waals surface area contributed by atoms with E-state index in [1.807, 2.05) is 38.4 Å². The van der Waals surface area contributed by atoms with Gasteiger partial charge in [-0.05, 0) is 64.1 Å². The molecule has 240 valence electrons. The first-order chi connectivity index (χ1) is 24.4. The minimum Gasteiger partial charge on any atom is -0.295 e. The Labute approximate surface area is 290 Å². The molecule has 8 aromatic rings. The molecule has 1 aliphatic carbocycles. The van der Waals surface area contributed by atoms with Gasteiger partial charge in [-0.2, -0.15) is 0 Å². The summed E-state index contributed by atoms with van der Waals surface area (Å²) >= 11 is 0. The van der Waals surface area contributed by atoms with Crippen molar-refractivity contribution in [3.63, 3.8) is 0 Å². The Bertz CT molecular complexity index is 2640. The van der Waals surface area contributed by atoms with Gasteiger partial charge < -0.3 is 0 Å². The molecule has 6 aromatic carbocycles. The van der Waals surface area contributed by atoms with Crippen molar-refractivity contribution in [2.75, 3.05) is 0 Å². The minimum absolute atomic E-state index is 0.0293. The summed E-state index contributed by atoms with van der Waals surface area (Å²) in [6.45, 7) is 2.34. The van der Waals surface area contributed by atoms with E-state index in [1.54, 1.807) is 9.13 Å². The van der Waals surface area contributed by atoms with Crippen LogP contribution in [0.2, 0.25) is 0 Å². The summed E-state index contributed by atoms with van der Waals surface area (Å²) in [4.78, 5) is 23.1. The molecule has 0 N–H and O–H groups in total. The van der Waals surface area contributed by atoms with Crippen LogP contribution in [0.3, 0.4) is 0 Å². The van der Waals surface area contributed by atoms with Crippen LogP contribution in [0, 0.1) is 0 Å². The average molecular weight is 647 g/mol. The van der Waals surface area contributed by atoms with E-state index in [1.165, 1.54) is 27.8 Å². The third-order valence-electron chi connectivity index (χ3n) is 10.5. The molecule has 5 nitrogen and oxygen atoms in total. The molecule has 0 saturated heterocycles. The van der Waals surface area contributed by atoms with Gasteiger partial charge in [0.25, 0.3) is 0 Å². The number of aryl methyl sites for hydroxylation is 2. The second-order valence-electron chi connectivity index (χ2n) is 13.3.